The van der Waals surface area contributed by atoms with Gasteiger partial charge < -0.3 is 19.3 Å². The molecule has 1 aliphatic rings. The van der Waals surface area contributed by atoms with Crippen molar-refractivity contribution in [2.45, 2.75) is 57.7 Å². The van der Waals surface area contributed by atoms with E-state index in [1.807, 2.05) is 0 Å². The Labute approximate surface area is 117 Å². The number of carbonyl (C=O) groups is 2. The molecule has 0 radical (unpaired) electrons. The Morgan fingerprint density at radius 3 is 2.50 bits per heavy atom. The molecule has 0 aliphatic carbocycles. The fraction of sp³-hybridized carbons (Fsp3) is 0.833. The Morgan fingerprint density at radius 1 is 1.30 bits per heavy atom. The molecule has 0 aromatic heterocycles. The number of carbonyl (C=O) groups excluding carboxylic acids is 2. The van der Waals surface area contributed by atoms with Gasteiger partial charge in [0.25, 0.3) is 0 Å². The number of methoxy groups -OCH3 is 1. The van der Waals surface area contributed by atoms with Crippen LogP contribution >= 0.6 is 0 Å². The minimum absolute atomic E-state index is 0.124. The van der Waals surface area contributed by atoms with E-state index in [1.54, 1.807) is 20.8 Å². The first-order chi connectivity index (χ1) is 9.21. The van der Waals surface area contributed by atoms with E-state index in [4.69, 9.17) is 14.3 Å². The third kappa shape index (κ3) is 5.72. The van der Waals surface area contributed by atoms with Gasteiger partial charge in [-0.05, 0) is 20.8 Å². The summed E-state index contributed by atoms with van der Waals surface area (Å²) in [7, 11) is 1.22. The molecule has 8 heteroatoms. The van der Waals surface area contributed by atoms with E-state index in [2.05, 4.69) is 10.2 Å². The molecule has 0 aromatic rings. The lowest BCUT2D eigenvalue weighted by molar-refractivity contribution is -0.239. The summed E-state index contributed by atoms with van der Waals surface area (Å²) in [6.45, 7) is 5.13. The molecular weight excluding hydrogens is 270 g/mol. The van der Waals surface area contributed by atoms with Crippen LogP contribution in [0.2, 0.25) is 0 Å². The maximum atomic E-state index is 11.4. The van der Waals surface area contributed by atoms with Gasteiger partial charge in [0.15, 0.2) is 12.4 Å². The van der Waals surface area contributed by atoms with Gasteiger partial charge in [0.05, 0.1) is 13.2 Å². The van der Waals surface area contributed by atoms with Crippen molar-refractivity contribution in [2.24, 2.45) is 0 Å². The van der Waals surface area contributed by atoms with Crippen LogP contribution in [0, 0.1) is 0 Å². The van der Waals surface area contributed by atoms with E-state index < -0.39 is 36.2 Å². The number of rotatable bonds is 3. The van der Waals surface area contributed by atoms with Crippen molar-refractivity contribution in [1.29, 1.82) is 0 Å². The molecule has 2 N–H and O–H groups in total. The molecule has 3 unspecified atom stereocenters. The van der Waals surface area contributed by atoms with E-state index in [1.165, 1.54) is 7.11 Å². The van der Waals surface area contributed by atoms with Gasteiger partial charge in [0.1, 0.15) is 5.60 Å². The molecule has 1 fully saturated rings. The molecule has 1 heterocycles. The van der Waals surface area contributed by atoms with E-state index in [0.29, 0.717) is 0 Å². The number of aliphatic hydroxyl groups excluding tert-OH is 1. The van der Waals surface area contributed by atoms with Gasteiger partial charge in [0.2, 0.25) is 0 Å². The molecule has 3 atom stereocenters. The molecule has 0 saturated carbocycles. The number of ether oxygens (including phenoxy) is 3. The normalized spacial score (nSPS) is 26.8. The van der Waals surface area contributed by atoms with Crippen molar-refractivity contribution in [1.82, 2.24) is 5.48 Å². The second-order valence-electron chi connectivity index (χ2n) is 5.42. The van der Waals surface area contributed by atoms with Gasteiger partial charge in [-0.2, -0.15) is 5.48 Å². The lowest BCUT2D eigenvalue weighted by Gasteiger charge is -2.31. The highest BCUT2D eigenvalue weighted by Crippen LogP contribution is 2.21. The lowest BCUT2D eigenvalue weighted by Crippen LogP contribution is -2.45. The Bertz CT molecular complexity index is 352. The highest BCUT2D eigenvalue weighted by Gasteiger charge is 2.34. The van der Waals surface area contributed by atoms with Gasteiger partial charge in [-0.15, -0.1) is 0 Å². The van der Waals surface area contributed by atoms with Gasteiger partial charge in [0, 0.05) is 12.8 Å². The minimum Gasteiger partial charge on any atom is -0.467 e. The zero-order valence-electron chi connectivity index (χ0n) is 12.0. The predicted octanol–water partition coefficient (Wildman–Crippen LogP) is 0.482. The first kappa shape index (κ1) is 16.7. The summed E-state index contributed by atoms with van der Waals surface area (Å²) in [5, 5.41) is 9.63. The fourth-order valence-electron chi connectivity index (χ4n) is 1.63. The summed E-state index contributed by atoms with van der Waals surface area (Å²) >= 11 is 0. The summed E-state index contributed by atoms with van der Waals surface area (Å²) in [5.41, 5.74) is 1.40. The Kier molecular flexibility index (Phi) is 5.73. The highest BCUT2D eigenvalue weighted by atomic mass is 16.8. The van der Waals surface area contributed by atoms with E-state index in [0.717, 1.165) is 0 Å². The van der Waals surface area contributed by atoms with Crippen LogP contribution in [0.5, 0.6) is 0 Å². The second-order valence-corrected chi connectivity index (χ2v) is 5.42. The van der Waals surface area contributed by atoms with Crippen LogP contribution in [0.1, 0.15) is 33.6 Å². The van der Waals surface area contributed by atoms with Crippen molar-refractivity contribution in [3.05, 3.63) is 0 Å². The van der Waals surface area contributed by atoms with Crippen LogP contribution in [-0.4, -0.2) is 48.4 Å². The Balaban J connectivity index is 2.43. The molecule has 1 saturated heterocycles. The summed E-state index contributed by atoms with van der Waals surface area (Å²) in [6, 6.07) is 0. The Hall–Kier alpha value is -1.38. The van der Waals surface area contributed by atoms with Crippen LogP contribution in [-0.2, 0) is 23.8 Å². The van der Waals surface area contributed by atoms with Crippen molar-refractivity contribution in [3.63, 3.8) is 0 Å². The molecule has 1 rings (SSSR count). The van der Waals surface area contributed by atoms with Crippen LogP contribution in [0.25, 0.3) is 0 Å². The van der Waals surface area contributed by atoms with Crippen molar-refractivity contribution in [2.75, 3.05) is 7.11 Å². The zero-order valence-corrected chi connectivity index (χ0v) is 12.0. The molecule has 1 amide bonds. The number of hydrogen-bond donors (Lipinski definition) is 2. The highest BCUT2D eigenvalue weighted by molar-refractivity contribution is 5.74. The fourth-order valence-corrected chi connectivity index (χ4v) is 1.63. The maximum absolute atomic E-state index is 11.4. The Morgan fingerprint density at radius 2 is 1.95 bits per heavy atom. The first-order valence-corrected chi connectivity index (χ1v) is 6.27. The third-order valence-corrected chi connectivity index (χ3v) is 2.40. The minimum atomic E-state index is -0.949. The lowest BCUT2D eigenvalue weighted by atomic mass is 10.1. The average Bonchev–Trinajstić information content (AvgIpc) is 2.32. The largest absolute Gasteiger partial charge is 0.467 e. The third-order valence-electron chi connectivity index (χ3n) is 2.40. The van der Waals surface area contributed by atoms with Gasteiger partial charge in [-0.3, -0.25) is 0 Å². The molecule has 0 aromatic carbocycles. The quantitative estimate of drug-likeness (QED) is 0.576. The number of amides is 1. The molecule has 8 nitrogen and oxygen atoms in total. The van der Waals surface area contributed by atoms with Crippen LogP contribution in [0.15, 0.2) is 0 Å². The van der Waals surface area contributed by atoms with Gasteiger partial charge in [-0.1, -0.05) is 0 Å². The van der Waals surface area contributed by atoms with Gasteiger partial charge in [-0.25, -0.2) is 14.4 Å². The number of hydrogen-bond acceptors (Lipinski definition) is 7. The molecule has 0 spiro atoms. The molecule has 0 bridgehead atoms. The smallest absolute Gasteiger partial charge is 0.431 e. The van der Waals surface area contributed by atoms with Crippen LogP contribution < -0.4 is 5.48 Å². The number of hydroxylamine groups is 1. The number of aliphatic hydroxyl groups is 1. The van der Waals surface area contributed by atoms with Crippen LogP contribution in [0.4, 0.5) is 4.79 Å². The number of esters is 1. The predicted molar refractivity (Wildman–Crippen MR) is 66.4 cm³/mol. The van der Waals surface area contributed by atoms with Crippen LogP contribution in [0.3, 0.4) is 0 Å². The summed E-state index contributed by atoms with van der Waals surface area (Å²) in [5.74, 6) is -0.602. The van der Waals surface area contributed by atoms with E-state index >= 15 is 0 Å². The first-order valence-electron chi connectivity index (χ1n) is 6.27. The summed E-state index contributed by atoms with van der Waals surface area (Å²) < 4.78 is 14.8. The monoisotopic (exact) mass is 291 g/mol. The topological polar surface area (TPSA) is 103 Å². The second kappa shape index (κ2) is 6.87. The SMILES string of the molecule is COC(=O)C1CC(O)CC(ONC(=O)OC(C)(C)C)O1. The van der Waals surface area contributed by atoms with E-state index in [9.17, 15) is 14.7 Å². The number of nitrogens with one attached hydrogen (secondary N) is 1. The molecular formula is C12H21NO7. The van der Waals surface area contributed by atoms with Gasteiger partial charge >= 0.3 is 12.1 Å². The van der Waals surface area contributed by atoms with Crippen molar-refractivity contribution >= 4 is 12.1 Å². The standard InChI is InChI=1S/C12H21NO7/c1-12(2,3)19-11(16)13-20-9-6-7(14)5-8(18-9)10(15)17-4/h7-9,14H,5-6H2,1-4H3,(H,13,16). The van der Waals surface area contributed by atoms with E-state index in [-0.39, 0.29) is 12.8 Å². The average molecular weight is 291 g/mol. The molecule has 1 aliphatic heterocycles. The zero-order chi connectivity index (χ0) is 15.3. The molecule has 116 valence electrons. The summed E-state index contributed by atoms with van der Waals surface area (Å²) in [6.07, 6.45) is -3.18. The van der Waals surface area contributed by atoms with Crippen molar-refractivity contribution < 1.29 is 33.7 Å². The van der Waals surface area contributed by atoms with Crippen molar-refractivity contribution in [3.8, 4) is 0 Å². The summed E-state index contributed by atoms with van der Waals surface area (Å²) in [4.78, 5) is 27.7. The maximum Gasteiger partial charge on any atom is 0.431 e. The molecule has 20 heavy (non-hydrogen) atoms.